The van der Waals surface area contributed by atoms with E-state index in [1.54, 1.807) is 7.05 Å². The fourth-order valence-electron chi connectivity index (χ4n) is 1.23. The molecule has 0 amide bonds. The molecule has 0 fully saturated rings. The van der Waals surface area contributed by atoms with Gasteiger partial charge >= 0.3 is 0 Å². The molecule has 0 saturated heterocycles. The number of rotatable bonds is 1. The first-order valence-electron chi connectivity index (χ1n) is 4.36. The van der Waals surface area contributed by atoms with E-state index >= 15 is 0 Å². The third kappa shape index (κ3) is 1.26. The zero-order valence-electron chi connectivity index (χ0n) is 8.37. The molecule has 14 heavy (non-hydrogen) atoms. The SMILES string of the molecule is CNc1ncnc2nc(C)c(C)nc12. The minimum absolute atomic E-state index is 0.632. The predicted molar refractivity (Wildman–Crippen MR) is 54.1 cm³/mol. The zero-order chi connectivity index (χ0) is 10.1. The zero-order valence-corrected chi connectivity index (χ0v) is 8.37. The van der Waals surface area contributed by atoms with Crippen molar-refractivity contribution in [1.82, 2.24) is 19.9 Å². The first-order valence-corrected chi connectivity index (χ1v) is 4.36. The van der Waals surface area contributed by atoms with Crippen LogP contribution in [0.25, 0.3) is 11.2 Å². The van der Waals surface area contributed by atoms with Crippen LogP contribution in [-0.2, 0) is 0 Å². The molecule has 2 heterocycles. The minimum atomic E-state index is 0.632. The average Bonchev–Trinajstić information content (AvgIpc) is 2.19. The lowest BCUT2D eigenvalue weighted by molar-refractivity contribution is 1.06. The molecule has 2 aromatic rings. The molecular weight excluding hydrogens is 178 g/mol. The Morgan fingerprint density at radius 3 is 2.50 bits per heavy atom. The highest BCUT2D eigenvalue weighted by Crippen LogP contribution is 2.15. The summed E-state index contributed by atoms with van der Waals surface area (Å²) in [5.41, 5.74) is 3.16. The Morgan fingerprint density at radius 1 is 1.07 bits per heavy atom. The van der Waals surface area contributed by atoms with Gasteiger partial charge in [0.2, 0.25) is 0 Å². The average molecular weight is 189 g/mol. The van der Waals surface area contributed by atoms with E-state index in [-0.39, 0.29) is 0 Å². The molecule has 0 saturated carbocycles. The third-order valence-corrected chi connectivity index (χ3v) is 2.12. The Hall–Kier alpha value is -1.78. The number of fused-ring (bicyclic) bond motifs is 1. The number of hydrogen-bond acceptors (Lipinski definition) is 5. The molecule has 5 nitrogen and oxygen atoms in total. The Morgan fingerprint density at radius 2 is 1.79 bits per heavy atom. The molecule has 0 aliphatic carbocycles. The van der Waals surface area contributed by atoms with Crippen LogP contribution in [-0.4, -0.2) is 27.0 Å². The van der Waals surface area contributed by atoms with Crippen molar-refractivity contribution in [2.75, 3.05) is 12.4 Å². The second kappa shape index (κ2) is 3.17. The van der Waals surface area contributed by atoms with E-state index in [1.807, 2.05) is 13.8 Å². The molecule has 5 heteroatoms. The normalized spacial score (nSPS) is 10.5. The van der Waals surface area contributed by atoms with Crippen molar-refractivity contribution in [3.63, 3.8) is 0 Å². The molecule has 0 spiro atoms. The number of hydrogen-bond donors (Lipinski definition) is 1. The maximum atomic E-state index is 4.40. The quantitative estimate of drug-likeness (QED) is 0.727. The van der Waals surface area contributed by atoms with E-state index in [4.69, 9.17) is 0 Å². The summed E-state index contributed by atoms with van der Waals surface area (Å²) in [6.45, 7) is 3.84. The lowest BCUT2D eigenvalue weighted by Gasteiger charge is -2.04. The summed E-state index contributed by atoms with van der Waals surface area (Å²) >= 11 is 0. The maximum Gasteiger partial charge on any atom is 0.183 e. The van der Waals surface area contributed by atoms with Gasteiger partial charge in [-0.25, -0.2) is 19.9 Å². The van der Waals surface area contributed by atoms with E-state index < -0.39 is 0 Å². The van der Waals surface area contributed by atoms with E-state index in [9.17, 15) is 0 Å². The van der Waals surface area contributed by atoms with Crippen LogP contribution in [0.5, 0.6) is 0 Å². The van der Waals surface area contributed by atoms with E-state index in [1.165, 1.54) is 6.33 Å². The van der Waals surface area contributed by atoms with Gasteiger partial charge in [-0.15, -0.1) is 0 Å². The van der Waals surface area contributed by atoms with Gasteiger partial charge in [-0.3, -0.25) is 0 Å². The first-order chi connectivity index (χ1) is 6.72. The van der Waals surface area contributed by atoms with Crippen molar-refractivity contribution < 1.29 is 0 Å². The van der Waals surface area contributed by atoms with Crippen molar-refractivity contribution in [3.05, 3.63) is 17.7 Å². The summed E-state index contributed by atoms with van der Waals surface area (Å²) in [6, 6.07) is 0. The Balaban J connectivity index is 2.81. The second-order valence-corrected chi connectivity index (χ2v) is 3.04. The Bertz CT molecular complexity index is 480. The van der Waals surface area contributed by atoms with Gasteiger partial charge in [0.1, 0.15) is 6.33 Å². The standard InChI is InChI=1S/C9H11N5/c1-5-6(2)14-9-7(13-5)8(10-3)11-4-12-9/h4H,1-3H3,(H,10,11,12,14). The first kappa shape index (κ1) is 8.80. The van der Waals surface area contributed by atoms with Crippen LogP contribution < -0.4 is 5.32 Å². The minimum Gasteiger partial charge on any atom is -0.371 e. The highest BCUT2D eigenvalue weighted by molar-refractivity contribution is 5.81. The van der Waals surface area contributed by atoms with Gasteiger partial charge in [0.05, 0.1) is 11.4 Å². The monoisotopic (exact) mass is 189 g/mol. The molecule has 2 aromatic heterocycles. The molecular formula is C9H11N5. The summed E-state index contributed by atoms with van der Waals surface area (Å²) < 4.78 is 0. The van der Waals surface area contributed by atoms with Gasteiger partial charge in [0.15, 0.2) is 17.0 Å². The summed E-state index contributed by atoms with van der Waals surface area (Å²) in [7, 11) is 1.80. The summed E-state index contributed by atoms with van der Waals surface area (Å²) in [4.78, 5) is 16.9. The van der Waals surface area contributed by atoms with Crippen LogP contribution in [0, 0.1) is 13.8 Å². The maximum absolute atomic E-state index is 4.40. The van der Waals surface area contributed by atoms with Crippen LogP contribution in [0.3, 0.4) is 0 Å². The van der Waals surface area contributed by atoms with Gasteiger partial charge in [0.25, 0.3) is 0 Å². The smallest absolute Gasteiger partial charge is 0.183 e. The number of nitrogens with one attached hydrogen (secondary N) is 1. The van der Waals surface area contributed by atoms with Gasteiger partial charge in [-0.2, -0.15) is 0 Å². The van der Waals surface area contributed by atoms with Crippen molar-refractivity contribution in [3.8, 4) is 0 Å². The van der Waals surface area contributed by atoms with Crippen molar-refractivity contribution >= 4 is 17.0 Å². The van der Waals surface area contributed by atoms with E-state index in [2.05, 4.69) is 25.3 Å². The molecule has 0 radical (unpaired) electrons. The van der Waals surface area contributed by atoms with Crippen molar-refractivity contribution in [2.45, 2.75) is 13.8 Å². The van der Waals surface area contributed by atoms with Crippen LogP contribution in [0.1, 0.15) is 11.4 Å². The van der Waals surface area contributed by atoms with Crippen LogP contribution in [0.15, 0.2) is 6.33 Å². The number of nitrogens with zero attached hydrogens (tertiary/aromatic N) is 4. The molecule has 72 valence electrons. The highest BCUT2D eigenvalue weighted by Gasteiger charge is 2.06. The Kier molecular flexibility index (Phi) is 1.99. The van der Waals surface area contributed by atoms with E-state index in [0.717, 1.165) is 16.9 Å². The molecule has 0 unspecified atom stereocenters. The van der Waals surface area contributed by atoms with Gasteiger partial charge in [-0.05, 0) is 13.8 Å². The summed E-state index contributed by atoms with van der Waals surface area (Å²) in [5.74, 6) is 0.714. The van der Waals surface area contributed by atoms with Gasteiger partial charge in [0, 0.05) is 7.05 Å². The fourth-order valence-corrected chi connectivity index (χ4v) is 1.23. The lowest BCUT2D eigenvalue weighted by atomic mass is 10.3. The second-order valence-electron chi connectivity index (χ2n) is 3.04. The molecule has 2 rings (SSSR count). The molecule has 1 N–H and O–H groups in total. The molecule has 0 aliphatic heterocycles. The molecule has 0 aliphatic rings. The largest absolute Gasteiger partial charge is 0.371 e. The van der Waals surface area contributed by atoms with Gasteiger partial charge in [-0.1, -0.05) is 0 Å². The van der Waals surface area contributed by atoms with Gasteiger partial charge < -0.3 is 5.32 Å². The third-order valence-electron chi connectivity index (χ3n) is 2.12. The van der Waals surface area contributed by atoms with Crippen LogP contribution >= 0.6 is 0 Å². The van der Waals surface area contributed by atoms with Crippen molar-refractivity contribution in [1.29, 1.82) is 0 Å². The van der Waals surface area contributed by atoms with Crippen LogP contribution in [0.2, 0.25) is 0 Å². The summed E-state index contributed by atoms with van der Waals surface area (Å²) in [5, 5.41) is 2.96. The topological polar surface area (TPSA) is 63.6 Å². The number of aryl methyl sites for hydroxylation is 2. The summed E-state index contributed by atoms with van der Waals surface area (Å²) in [6.07, 6.45) is 1.48. The molecule has 0 aromatic carbocycles. The van der Waals surface area contributed by atoms with Crippen molar-refractivity contribution in [2.24, 2.45) is 0 Å². The molecule has 0 bridgehead atoms. The van der Waals surface area contributed by atoms with E-state index in [0.29, 0.717) is 11.5 Å². The number of aromatic nitrogens is 4. The van der Waals surface area contributed by atoms with Crippen LogP contribution in [0.4, 0.5) is 5.82 Å². The predicted octanol–water partition coefficient (Wildman–Crippen LogP) is 1.08. The highest BCUT2D eigenvalue weighted by atomic mass is 15.0. The Labute approximate surface area is 81.6 Å². The number of anilines is 1. The fraction of sp³-hybridized carbons (Fsp3) is 0.333. The lowest BCUT2D eigenvalue weighted by Crippen LogP contribution is -2.01. The molecule has 0 atom stereocenters.